The molecule has 29 heavy (non-hydrogen) atoms. The molecule has 1 aromatic carbocycles. The molecule has 0 aliphatic carbocycles. The Morgan fingerprint density at radius 2 is 1.38 bits per heavy atom. The van der Waals surface area contributed by atoms with Gasteiger partial charge in [0.25, 0.3) is 0 Å². The topological polar surface area (TPSA) is 200 Å². The number of aliphatic hydroxyl groups is 4. The molecule has 0 aromatic heterocycles. The predicted octanol–water partition coefficient (Wildman–Crippen LogP) is -1.76. The second-order valence-corrected chi connectivity index (χ2v) is 5.56. The lowest BCUT2D eigenvalue weighted by Crippen LogP contribution is -2.50. The molecule has 0 radical (unpaired) electrons. The van der Waals surface area contributed by atoms with E-state index >= 15 is 0 Å². The van der Waals surface area contributed by atoms with Crippen LogP contribution in [0.4, 0.5) is 0 Å². The Labute approximate surface area is 163 Å². The standard InChI is InChI=1S/C17H20O12/c1-27-8-5-7(3-4-10(18)19)6-9(28-2)15(8)29-17(26)14(23)12(21)11(20)13(22)16(24)25/h3-6,11-14,20-23H,1-2H3,(H,18,19)(H,24,25)/b4-3+/t11-,12-,13-,14+/m0/s1. The van der Waals surface area contributed by atoms with Gasteiger partial charge in [-0.2, -0.15) is 0 Å². The fraction of sp³-hybridized carbons (Fsp3) is 0.353. The van der Waals surface area contributed by atoms with Gasteiger partial charge in [-0.1, -0.05) is 0 Å². The Hall–Kier alpha value is -3.19. The molecule has 0 saturated carbocycles. The molecule has 0 aliphatic heterocycles. The van der Waals surface area contributed by atoms with Gasteiger partial charge in [0.2, 0.25) is 5.75 Å². The highest BCUT2D eigenvalue weighted by molar-refractivity contribution is 5.86. The van der Waals surface area contributed by atoms with Gasteiger partial charge < -0.3 is 44.8 Å². The third-order valence-corrected chi connectivity index (χ3v) is 3.60. The average molecular weight is 416 g/mol. The van der Waals surface area contributed by atoms with Gasteiger partial charge in [-0.05, 0) is 23.8 Å². The molecule has 12 heteroatoms. The summed E-state index contributed by atoms with van der Waals surface area (Å²) in [6.45, 7) is 0. The highest BCUT2D eigenvalue weighted by atomic mass is 16.6. The summed E-state index contributed by atoms with van der Waals surface area (Å²) in [7, 11) is 2.41. The molecule has 0 unspecified atom stereocenters. The molecule has 0 fully saturated rings. The summed E-state index contributed by atoms with van der Waals surface area (Å²) in [4.78, 5) is 33.4. The van der Waals surface area contributed by atoms with E-state index < -0.39 is 42.3 Å². The van der Waals surface area contributed by atoms with E-state index in [1.807, 2.05) is 0 Å². The molecule has 1 rings (SSSR count). The maximum Gasteiger partial charge on any atom is 0.343 e. The maximum atomic E-state index is 12.1. The second kappa shape index (κ2) is 10.4. The van der Waals surface area contributed by atoms with Gasteiger partial charge in [0.1, 0.15) is 12.2 Å². The Morgan fingerprint density at radius 1 is 0.897 bits per heavy atom. The number of carbonyl (C=O) groups is 3. The van der Waals surface area contributed by atoms with Crippen LogP contribution >= 0.6 is 0 Å². The molecule has 12 nitrogen and oxygen atoms in total. The van der Waals surface area contributed by atoms with Crippen LogP contribution in [0.1, 0.15) is 5.56 Å². The molecule has 160 valence electrons. The van der Waals surface area contributed by atoms with Crippen molar-refractivity contribution in [3.05, 3.63) is 23.8 Å². The fourth-order valence-corrected chi connectivity index (χ4v) is 2.08. The first-order chi connectivity index (χ1) is 13.5. The lowest BCUT2D eigenvalue weighted by Gasteiger charge is -2.24. The van der Waals surface area contributed by atoms with Crippen LogP contribution in [0.15, 0.2) is 18.2 Å². The number of esters is 1. The van der Waals surface area contributed by atoms with Gasteiger partial charge in [-0.15, -0.1) is 0 Å². The minimum atomic E-state index is -2.46. The normalized spacial score (nSPS) is 15.2. The minimum absolute atomic E-state index is 0.101. The number of benzene rings is 1. The highest BCUT2D eigenvalue weighted by Crippen LogP contribution is 2.39. The van der Waals surface area contributed by atoms with Crippen molar-refractivity contribution >= 4 is 24.0 Å². The lowest BCUT2D eigenvalue weighted by atomic mass is 10.0. The zero-order valence-corrected chi connectivity index (χ0v) is 15.3. The maximum absolute atomic E-state index is 12.1. The van der Waals surface area contributed by atoms with Crippen molar-refractivity contribution in [2.75, 3.05) is 14.2 Å². The Balaban J connectivity index is 3.13. The summed E-state index contributed by atoms with van der Waals surface area (Å²) in [5, 5.41) is 55.6. The number of ether oxygens (including phenoxy) is 3. The summed E-state index contributed by atoms with van der Waals surface area (Å²) in [6.07, 6.45) is -7.61. The SMILES string of the molecule is COc1cc(/C=C/C(=O)O)cc(OC)c1OC(=O)[C@H](O)[C@@H](O)[C@H](O)[C@H](O)C(=O)O. The molecule has 6 N–H and O–H groups in total. The van der Waals surface area contributed by atoms with Crippen molar-refractivity contribution in [1.29, 1.82) is 0 Å². The number of hydrogen-bond donors (Lipinski definition) is 6. The van der Waals surface area contributed by atoms with Gasteiger partial charge in [-0.3, -0.25) is 0 Å². The second-order valence-electron chi connectivity index (χ2n) is 5.56. The third-order valence-electron chi connectivity index (χ3n) is 3.60. The molecule has 0 saturated heterocycles. The first-order valence-electron chi connectivity index (χ1n) is 7.87. The fourth-order valence-electron chi connectivity index (χ4n) is 2.08. The van der Waals surface area contributed by atoms with Gasteiger partial charge in [0.15, 0.2) is 23.7 Å². The molecule has 0 spiro atoms. The predicted molar refractivity (Wildman–Crippen MR) is 93.5 cm³/mol. The largest absolute Gasteiger partial charge is 0.493 e. The van der Waals surface area contributed by atoms with Crippen molar-refractivity contribution in [1.82, 2.24) is 0 Å². The van der Waals surface area contributed by atoms with Crippen LogP contribution in [-0.4, -0.2) is 87.2 Å². The van der Waals surface area contributed by atoms with Crippen LogP contribution in [0.25, 0.3) is 6.08 Å². The minimum Gasteiger partial charge on any atom is -0.493 e. The third kappa shape index (κ3) is 6.15. The van der Waals surface area contributed by atoms with Crippen molar-refractivity contribution in [2.45, 2.75) is 24.4 Å². The Bertz CT molecular complexity index is 762. The van der Waals surface area contributed by atoms with Crippen LogP contribution in [0.5, 0.6) is 17.2 Å². The number of aliphatic hydroxyl groups excluding tert-OH is 4. The van der Waals surface area contributed by atoms with Crippen LogP contribution in [0.3, 0.4) is 0 Å². The van der Waals surface area contributed by atoms with Crippen molar-refractivity contribution in [3.63, 3.8) is 0 Å². The van der Waals surface area contributed by atoms with Crippen LogP contribution in [-0.2, 0) is 14.4 Å². The molecular formula is C17H20O12. The summed E-state index contributed by atoms with van der Waals surface area (Å²) in [6, 6.07) is 2.58. The summed E-state index contributed by atoms with van der Waals surface area (Å²) in [5.74, 6) is -5.15. The number of carboxylic acid groups (broad SMARTS) is 2. The first kappa shape index (κ1) is 23.8. The van der Waals surface area contributed by atoms with Crippen molar-refractivity contribution in [3.8, 4) is 17.2 Å². The smallest absolute Gasteiger partial charge is 0.343 e. The van der Waals surface area contributed by atoms with Gasteiger partial charge in [-0.25, -0.2) is 14.4 Å². The Kier molecular flexibility index (Phi) is 8.54. The lowest BCUT2D eigenvalue weighted by molar-refractivity contribution is -0.171. The number of rotatable bonds is 10. The van der Waals surface area contributed by atoms with E-state index in [1.165, 1.54) is 32.4 Å². The molecule has 1 aromatic rings. The van der Waals surface area contributed by atoms with Crippen molar-refractivity contribution < 1.29 is 59.2 Å². The zero-order valence-electron chi connectivity index (χ0n) is 15.3. The Morgan fingerprint density at radius 3 is 1.79 bits per heavy atom. The summed E-state index contributed by atoms with van der Waals surface area (Å²) >= 11 is 0. The number of carboxylic acids is 2. The average Bonchev–Trinajstić information content (AvgIpc) is 2.69. The van der Waals surface area contributed by atoms with E-state index in [9.17, 15) is 34.8 Å². The van der Waals surface area contributed by atoms with Gasteiger partial charge in [0.05, 0.1) is 14.2 Å². The van der Waals surface area contributed by atoms with E-state index in [1.54, 1.807) is 0 Å². The van der Waals surface area contributed by atoms with Crippen LogP contribution < -0.4 is 14.2 Å². The first-order valence-corrected chi connectivity index (χ1v) is 7.87. The van der Waals surface area contributed by atoms with Crippen LogP contribution in [0.2, 0.25) is 0 Å². The highest BCUT2D eigenvalue weighted by Gasteiger charge is 2.39. The molecule has 0 amide bonds. The quantitative estimate of drug-likeness (QED) is 0.143. The number of hydrogen-bond acceptors (Lipinski definition) is 10. The van der Waals surface area contributed by atoms with Gasteiger partial charge >= 0.3 is 17.9 Å². The number of aliphatic carboxylic acids is 2. The summed E-state index contributed by atoms with van der Waals surface area (Å²) < 4.78 is 15.0. The van der Waals surface area contributed by atoms with E-state index in [4.69, 9.17) is 24.4 Å². The van der Waals surface area contributed by atoms with E-state index in [0.29, 0.717) is 5.56 Å². The molecule has 0 aliphatic rings. The molecule has 0 heterocycles. The monoisotopic (exact) mass is 416 g/mol. The van der Waals surface area contributed by atoms with Crippen molar-refractivity contribution in [2.24, 2.45) is 0 Å². The number of methoxy groups -OCH3 is 2. The van der Waals surface area contributed by atoms with E-state index in [2.05, 4.69) is 0 Å². The molecular weight excluding hydrogens is 396 g/mol. The van der Waals surface area contributed by atoms with E-state index in [0.717, 1.165) is 6.08 Å². The van der Waals surface area contributed by atoms with Crippen LogP contribution in [0, 0.1) is 0 Å². The number of carbonyl (C=O) groups excluding carboxylic acids is 1. The van der Waals surface area contributed by atoms with Gasteiger partial charge in [0, 0.05) is 6.08 Å². The van der Waals surface area contributed by atoms with E-state index in [-0.39, 0.29) is 17.2 Å². The zero-order chi connectivity index (χ0) is 22.3. The molecule has 4 atom stereocenters. The molecule has 0 bridgehead atoms. The summed E-state index contributed by atoms with van der Waals surface area (Å²) in [5.41, 5.74) is 0.307.